The normalized spacial score (nSPS) is 22.8. The quantitative estimate of drug-likeness (QED) is 0.932. The largest absolute Gasteiger partial charge is 0.478 e. The third-order valence-corrected chi connectivity index (χ3v) is 5.32. The van der Waals surface area contributed by atoms with E-state index >= 15 is 0 Å². The summed E-state index contributed by atoms with van der Waals surface area (Å²) in [7, 11) is 2.22. The smallest absolute Gasteiger partial charge is 0.335 e. The number of aromatic carboxylic acids is 1. The zero-order valence-corrected chi connectivity index (χ0v) is 13.4. The van der Waals surface area contributed by atoms with Gasteiger partial charge < -0.3 is 10.0 Å². The van der Waals surface area contributed by atoms with Crippen LogP contribution in [0.2, 0.25) is 0 Å². The van der Waals surface area contributed by atoms with Crippen LogP contribution in [0.1, 0.15) is 48.0 Å². The van der Waals surface area contributed by atoms with Gasteiger partial charge in [-0.05, 0) is 37.6 Å². The van der Waals surface area contributed by atoms with Crippen molar-refractivity contribution in [1.82, 2.24) is 9.80 Å². The minimum absolute atomic E-state index is 0.296. The monoisotopic (exact) mass is 302 g/mol. The molecule has 1 aliphatic carbocycles. The number of carboxylic acids is 1. The maximum atomic E-state index is 11.2. The summed E-state index contributed by atoms with van der Waals surface area (Å²) in [6, 6.07) is 7.42. The zero-order chi connectivity index (χ0) is 15.6. The molecule has 1 saturated heterocycles. The van der Waals surface area contributed by atoms with Gasteiger partial charge >= 0.3 is 5.97 Å². The molecule has 0 atom stereocenters. The molecule has 4 heteroatoms. The van der Waals surface area contributed by atoms with Crippen molar-refractivity contribution in [3.8, 4) is 0 Å². The Morgan fingerprint density at radius 3 is 2.73 bits per heavy atom. The lowest BCUT2D eigenvalue weighted by Crippen LogP contribution is -2.61. The van der Waals surface area contributed by atoms with Gasteiger partial charge in [-0.2, -0.15) is 0 Å². The van der Waals surface area contributed by atoms with Crippen LogP contribution in [0, 0.1) is 0 Å². The van der Waals surface area contributed by atoms with Crippen LogP contribution in [0.3, 0.4) is 0 Å². The van der Waals surface area contributed by atoms with E-state index in [-0.39, 0.29) is 0 Å². The van der Waals surface area contributed by atoms with Crippen LogP contribution in [-0.4, -0.2) is 53.1 Å². The third-order valence-electron chi connectivity index (χ3n) is 5.32. The van der Waals surface area contributed by atoms with Crippen LogP contribution >= 0.6 is 0 Å². The second-order valence-corrected chi connectivity index (χ2v) is 6.95. The highest BCUT2D eigenvalue weighted by atomic mass is 16.4. The third kappa shape index (κ3) is 3.18. The number of piperazine rings is 1. The van der Waals surface area contributed by atoms with Crippen molar-refractivity contribution in [1.29, 1.82) is 0 Å². The predicted molar refractivity (Wildman–Crippen MR) is 87.1 cm³/mol. The minimum atomic E-state index is -0.840. The summed E-state index contributed by atoms with van der Waals surface area (Å²) >= 11 is 0. The molecule has 2 aliphatic rings. The predicted octanol–water partition coefficient (Wildman–Crippen LogP) is 2.84. The van der Waals surface area contributed by atoms with E-state index in [1.165, 1.54) is 32.1 Å². The van der Waals surface area contributed by atoms with Crippen molar-refractivity contribution in [2.75, 3.05) is 26.7 Å². The molecule has 120 valence electrons. The van der Waals surface area contributed by atoms with E-state index in [0.29, 0.717) is 11.1 Å². The summed E-state index contributed by atoms with van der Waals surface area (Å²) in [6.07, 6.45) is 6.54. The fraction of sp³-hybridized carbons (Fsp3) is 0.611. The number of hydrogen-bond acceptors (Lipinski definition) is 3. The van der Waals surface area contributed by atoms with Gasteiger partial charge in [-0.1, -0.05) is 31.4 Å². The van der Waals surface area contributed by atoms with Crippen molar-refractivity contribution >= 4 is 5.97 Å². The first-order valence-electron chi connectivity index (χ1n) is 8.35. The van der Waals surface area contributed by atoms with E-state index in [0.717, 1.165) is 31.7 Å². The lowest BCUT2D eigenvalue weighted by atomic mass is 9.78. The summed E-state index contributed by atoms with van der Waals surface area (Å²) < 4.78 is 0. The van der Waals surface area contributed by atoms with Crippen LogP contribution in [0.25, 0.3) is 0 Å². The lowest BCUT2D eigenvalue weighted by Gasteiger charge is -2.52. The van der Waals surface area contributed by atoms with Gasteiger partial charge in [-0.25, -0.2) is 4.79 Å². The second kappa shape index (κ2) is 6.39. The molecule has 1 spiro atoms. The molecule has 3 rings (SSSR count). The molecule has 0 unspecified atom stereocenters. The van der Waals surface area contributed by atoms with Gasteiger partial charge in [0.1, 0.15) is 0 Å². The minimum Gasteiger partial charge on any atom is -0.478 e. The Balaban J connectivity index is 1.80. The molecule has 1 heterocycles. The molecular formula is C18H26N2O2. The van der Waals surface area contributed by atoms with Gasteiger partial charge in [0, 0.05) is 31.7 Å². The van der Waals surface area contributed by atoms with Gasteiger partial charge in [0.25, 0.3) is 0 Å². The molecule has 0 aromatic heterocycles. The van der Waals surface area contributed by atoms with Gasteiger partial charge in [-0.15, -0.1) is 0 Å². The number of carbonyl (C=O) groups is 1. The molecule has 1 aromatic carbocycles. The molecule has 0 amide bonds. The molecule has 1 saturated carbocycles. The van der Waals surface area contributed by atoms with Crippen molar-refractivity contribution < 1.29 is 9.90 Å². The molecule has 0 bridgehead atoms. The molecule has 1 N–H and O–H groups in total. The molecule has 22 heavy (non-hydrogen) atoms. The molecule has 1 aromatic rings. The first-order chi connectivity index (χ1) is 10.6. The molecule has 1 aliphatic heterocycles. The SMILES string of the molecule is CN1CCN(Cc2cccc(C(=O)O)c2)C2(CCCCC2)C1. The van der Waals surface area contributed by atoms with Crippen molar-refractivity contribution in [2.24, 2.45) is 0 Å². The van der Waals surface area contributed by atoms with E-state index < -0.39 is 5.97 Å². The van der Waals surface area contributed by atoms with Crippen LogP contribution in [0.5, 0.6) is 0 Å². The van der Waals surface area contributed by atoms with E-state index in [1.54, 1.807) is 6.07 Å². The number of likely N-dealkylation sites (N-methyl/N-ethyl adjacent to an activating group) is 1. The van der Waals surface area contributed by atoms with Crippen molar-refractivity contribution in [3.05, 3.63) is 35.4 Å². The maximum absolute atomic E-state index is 11.2. The average Bonchev–Trinajstić information content (AvgIpc) is 2.51. The summed E-state index contributed by atoms with van der Waals surface area (Å²) in [4.78, 5) is 16.2. The Labute approximate surface area is 132 Å². The molecule has 2 fully saturated rings. The highest BCUT2D eigenvalue weighted by molar-refractivity contribution is 5.87. The van der Waals surface area contributed by atoms with Crippen LogP contribution in [-0.2, 0) is 6.54 Å². The summed E-state index contributed by atoms with van der Waals surface area (Å²) in [5.41, 5.74) is 1.81. The summed E-state index contributed by atoms with van der Waals surface area (Å²) in [6.45, 7) is 4.19. The van der Waals surface area contributed by atoms with E-state index in [2.05, 4.69) is 22.9 Å². The number of carboxylic acid groups (broad SMARTS) is 1. The highest BCUT2D eigenvalue weighted by Gasteiger charge is 2.41. The highest BCUT2D eigenvalue weighted by Crippen LogP contribution is 2.37. The summed E-state index contributed by atoms with van der Waals surface area (Å²) in [5.74, 6) is -0.840. The first-order valence-corrected chi connectivity index (χ1v) is 8.35. The standard InChI is InChI=1S/C18H26N2O2/c1-19-10-11-20(18(14-19)8-3-2-4-9-18)13-15-6-5-7-16(12-15)17(21)22/h5-7,12H,2-4,8-11,13-14H2,1H3,(H,21,22). The Morgan fingerprint density at radius 1 is 1.23 bits per heavy atom. The number of rotatable bonds is 3. The van der Waals surface area contributed by atoms with Crippen molar-refractivity contribution in [2.45, 2.75) is 44.2 Å². The van der Waals surface area contributed by atoms with Crippen LogP contribution < -0.4 is 0 Å². The van der Waals surface area contributed by atoms with Crippen LogP contribution in [0.15, 0.2) is 24.3 Å². The van der Waals surface area contributed by atoms with E-state index in [4.69, 9.17) is 0 Å². The summed E-state index contributed by atoms with van der Waals surface area (Å²) in [5, 5.41) is 9.17. The Morgan fingerprint density at radius 2 is 2.00 bits per heavy atom. The Hall–Kier alpha value is -1.39. The topological polar surface area (TPSA) is 43.8 Å². The van der Waals surface area contributed by atoms with E-state index in [9.17, 15) is 9.90 Å². The number of nitrogens with zero attached hydrogens (tertiary/aromatic N) is 2. The first kappa shape index (κ1) is 15.5. The molecule has 4 nitrogen and oxygen atoms in total. The molecular weight excluding hydrogens is 276 g/mol. The van der Waals surface area contributed by atoms with Gasteiger partial charge in [0.2, 0.25) is 0 Å². The van der Waals surface area contributed by atoms with Gasteiger partial charge in [0.05, 0.1) is 5.56 Å². The van der Waals surface area contributed by atoms with E-state index in [1.807, 2.05) is 12.1 Å². The Bertz CT molecular complexity index is 538. The lowest BCUT2D eigenvalue weighted by molar-refractivity contribution is -0.0238. The average molecular weight is 302 g/mol. The van der Waals surface area contributed by atoms with Gasteiger partial charge in [0.15, 0.2) is 0 Å². The van der Waals surface area contributed by atoms with Crippen LogP contribution in [0.4, 0.5) is 0 Å². The maximum Gasteiger partial charge on any atom is 0.335 e. The fourth-order valence-electron chi connectivity index (χ4n) is 4.16. The van der Waals surface area contributed by atoms with Gasteiger partial charge in [-0.3, -0.25) is 4.90 Å². The van der Waals surface area contributed by atoms with Crippen molar-refractivity contribution in [3.63, 3.8) is 0 Å². The molecule has 0 radical (unpaired) electrons. The number of benzene rings is 1. The Kier molecular flexibility index (Phi) is 4.50. The fourth-order valence-corrected chi connectivity index (χ4v) is 4.16. The second-order valence-electron chi connectivity index (χ2n) is 6.95. The number of hydrogen-bond donors (Lipinski definition) is 1. The zero-order valence-electron chi connectivity index (χ0n) is 13.4.